The molecule has 1 saturated carbocycles. The number of morpholine rings is 1. The molecule has 9 nitrogen and oxygen atoms in total. The number of H-pyrrole nitrogens is 1. The van der Waals surface area contributed by atoms with Gasteiger partial charge in [0.05, 0.1) is 46.7 Å². The van der Waals surface area contributed by atoms with Crippen LogP contribution in [0.15, 0.2) is 30.5 Å². The van der Waals surface area contributed by atoms with Crippen molar-refractivity contribution in [1.29, 1.82) is 0 Å². The number of thiophene rings is 1. The number of anilines is 2. The van der Waals surface area contributed by atoms with E-state index in [-0.39, 0.29) is 5.91 Å². The Labute approximate surface area is 194 Å². The number of ether oxygens (including phenoxy) is 1. The molecule has 2 aliphatic rings. The molecular weight excluding hydrogens is 438 g/mol. The Kier molecular flexibility index (Phi) is 5.11. The number of aromatic amines is 1. The van der Waals surface area contributed by atoms with Crippen LogP contribution in [0.25, 0.3) is 32.5 Å². The van der Waals surface area contributed by atoms with E-state index in [0.717, 1.165) is 63.4 Å². The third-order valence-corrected chi connectivity index (χ3v) is 7.31. The normalized spacial score (nSPS) is 16.5. The van der Waals surface area contributed by atoms with Gasteiger partial charge in [-0.25, -0.2) is 9.97 Å². The fourth-order valence-electron chi connectivity index (χ4n) is 4.16. The van der Waals surface area contributed by atoms with Gasteiger partial charge in [0.25, 0.3) is 0 Å². The number of hydrogen-bond donors (Lipinski definition) is 2. The average Bonchev–Trinajstić information content (AvgIpc) is 3.33. The number of aromatic nitrogens is 4. The first-order valence-electron chi connectivity index (χ1n) is 11.2. The summed E-state index contributed by atoms with van der Waals surface area (Å²) in [4.78, 5) is 26.6. The van der Waals surface area contributed by atoms with Gasteiger partial charge in [-0.2, -0.15) is 5.10 Å². The molecule has 1 amide bonds. The molecule has 1 aliphatic carbocycles. The second-order valence-corrected chi connectivity index (χ2v) is 9.63. The number of likely N-dealkylation sites (N-methyl/N-ethyl adjacent to an activating group) is 1. The van der Waals surface area contributed by atoms with Gasteiger partial charge in [-0.15, -0.1) is 11.3 Å². The predicted octanol–water partition coefficient (Wildman–Crippen LogP) is 2.79. The molecule has 0 spiro atoms. The topological polar surface area (TPSA) is 99.3 Å². The Bertz CT molecular complexity index is 1320. The fourth-order valence-corrected chi connectivity index (χ4v) is 5.23. The van der Waals surface area contributed by atoms with Gasteiger partial charge in [-0.1, -0.05) is 12.1 Å². The molecule has 3 aromatic heterocycles. The first-order valence-corrected chi connectivity index (χ1v) is 12.0. The number of nitrogens with one attached hydrogen (secondary N) is 2. The first kappa shape index (κ1) is 20.4. The van der Waals surface area contributed by atoms with E-state index in [1.165, 1.54) is 0 Å². The summed E-state index contributed by atoms with van der Waals surface area (Å²) in [6.45, 7) is 3.25. The molecule has 170 valence electrons. The molecule has 33 heavy (non-hydrogen) atoms. The van der Waals surface area contributed by atoms with Gasteiger partial charge >= 0.3 is 0 Å². The smallest absolute Gasteiger partial charge is 0.239 e. The zero-order valence-electron chi connectivity index (χ0n) is 18.4. The highest BCUT2D eigenvalue weighted by atomic mass is 32.1. The van der Waals surface area contributed by atoms with Crippen LogP contribution in [0, 0.1) is 0 Å². The van der Waals surface area contributed by atoms with Crippen molar-refractivity contribution >= 4 is 49.2 Å². The maximum absolute atomic E-state index is 12.3. The number of carbonyl (C=O) groups is 1. The van der Waals surface area contributed by atoms with Crippen LogP contribution in [0.5, 0.6) is 0 Å². The molecule has 6 rings (SSSR count). The zero-order valence-corrected chi connectivity index (χ0v) is 19.2. The molecule has 1 aromatic carbocycles. The Balaban J connectivity index is 1.42. The summed E-state index contributed by atoms with van der Waals surface area (Å²) in [5.41, 5.74) is 2.79. The third kappa shape index (κ3) is 4.00. The number of carbonyl (C=O) groups excluding carboxylic acids is 1. The van der Waals surface area contributed by atoms with Crippen LogP contribution in [-0.4, -0.2) is 72.0 Å². The lowest BCUT2D eigenvalue weighted by molar-refractivity contribution is -0.119. The Morgan fingerprint density at radius 1 is 1.30 bits per heavy atom. The maximum Gasteiger partial charge on any atom is 0.239 e. The van der Waals surface area contributed by atoms with E-state index in [9.17, 15) is 4.79 Å². The van der Waals surface area contributed by atoms with Gasteiger partial charge in [0.1, 0.15) is 0 Å². The number of hydrogen-bond acceptors (Lipinski definition) is 8. The minimum absolute atomic E-state index is 0.0595. The number of benzene rings is 1. The molecule has 4 heterocycles. The van der Waals surface area contributed by atoms with Crippen LogP contribution in [0.4, 0.5) is 10.8 Å². The van der Waals surface area contributed by atoms with Crippen LogP contribution in [0.1, 0.15) is 12.8 Å². The van der Waals surface area contributed by atoms with E-state index < -0.39 is 0 Å². The number of amides is 1. The summed E-state index contributed by atoms with van der Waals surface area (Å²) in [6, 6.07) is 8.44. The van der Waals surface area contributed by atoms with Gasteiger partial charge in [0.2, 0.25) is 5.91 Å². The Morgan fingerprint density at radius 3 is 2.97 bits per heavy atom. The minimum atomic E-state index is 0.0595. The summed E-state index contributed by atoms with van der Waals surface area (Å²) >= 11 is 1.63. The molecule has 0 unspecified atom stereocenters. The largest absolute Gasteiger partial charge is 0.378 e. The Morgan fingerprint density at radius 2 is 2.15 bits per heavy atom. The van der Waals surface area contributed by atoms with E-state index in [4.69, 9.17) is 14.7 Å². The van der Waals surface area contributed by atoms with Gasteiger partial charge in [0.15, 0.2) is 11.6 Å². The highest BCUT2D eigenvalue weighted by molar-refractivity contribution is 7.23. The first-order chi connectivity index (χ1) is 16.2. The second-order valence-electron chi connectivity index (χ2n) is 8.60. The van der Waals surface area contributed by atoms with Gasteiger partial charge in [0, 0.05) is 37.1 Å². The highest BCUT2D eigenvalue weighted by Crippen LogP contribution is 2.39. The minimum Gasteiger partial charge on any atom is -0.378 e. The van der Waals surface area contributed by atoms with Crippen molar-refractivity contribution < 1.29 is 9.53 Å². The van der Waals surface area contributed by atoms with Crippen molar-refractivity contribution in [2.24, 2.45) is 0 Å². The van der Waals surface area contributed by atoms with Crippen molar-refractivity contribution in [3.05, 3.63) is 30.5 Å². The Hall–Kier alpha value is -3.24. The van der Waals surface area contributed by atoms with Crippen LogP contribution in [0.2, 0.25) is 0 Å². The molecule has 0 atom stereocenters. The molecular formula is C23H25N7O2S. The van der Waals surface area contributed by atoms with E-state index in [1.807, 2.05) is 36.3 Å². The zero-order chi connectivity index (χ0) is 22.4. The molecule has 4 aromatic rings. The van der Waals surface area contributed by atoms with Crippen molar-refractivity contribution in [2.45, 2.75) is 18.9 Å². The summed E-state index contributed by atoms with van der Waals surface area (Å²) < 4.78 is 6.60. The van der Waals surface area contributed by atoms with Gasteiger partial charge < -0.3 is 19.9 Å². The lowest BCUT2D eigenvalue weighted by atomic mass is 10.1. The van der Waals surface area contributed by atoms with E-state index >= 15 is 0 Å². The van der Waals surface area contributed by atoms with Crippen LogP contribution in [0.3, 0.4) is 0 Å². The van der Waals surface area contributed by atoms with Gasteiger partial charge in [-0.3, -0.25) is 9.89 Å². The number of rotatable bonds is 6. The summed E-state index contributed by atoms with van der Waals surface area (Å²) in [6.07, 6.45) is 3.99. The average molecular weight is 464 g/mol. The quantitative estimate of drug-likeness (QED) is 0.454. The van der Waals surface area contributed by atoms with E-state index in [1.54, 1.807) is 11.3 Å². The molecule has 2 fully saturated rings. The SMILES string of the molecule is CN(CC(=O)NC1CC1)c1cc2nc(-c3cccc4[nH]ncc34)nc(N3CCOCC3)c2s1. The predicted molar refractivity (Wildman–Crippen MR) is 130 cm³/mol. The van der Waals surface area contributed by atoms with Crippen LogP contribution >= 0.6 is 11.3 Å². The maximum atomic E-state index is 12.3. The molecule has 0 bridgehead atoms. The number of fused-ring (bicyclic) bond motifs is 2. The molecule has 1 saturated heterocycles. The lowest BCUT2D eigenvalue weighted by Gasteiger charge is -2.28. The molecule has 0 radical (unpaired) electrons. The highest BCUT2D eigenvalue weighted by Gasteiger charge is 2.25. The standard InChI is InChI=1S/C23H25N7O2S/c1-29(13-19(31)25-14-5-6-14)20-11-18-21(33-20)23(30-7-9-32-10-8-30)27-22(26-18)15-3-2-4-17-16(15)12-24-28-17/h2-4,11-12,14H,5-10,13H2,1H3,(H,24,28)(H,25,31). The number of nitrogens with zero attached hydrogens (tertiary/aromatic N) is 5. The van der Waals surface area contributed by atoms with Gasteiger partial charge in [-0.05, 0) is 25.0 Å². The van der Waals surface area contributed by atoms with Crippen molar-refractivity contribution in [3.63, 3.8) is 0 Å². The van der Waals surface area contributed by atoms with E-state index in [0.29, 0.717) is 31.6 Å². The third-order valence-electron chi connectivity index (χ3n) is 6.08. The second kappa shape index (κ2) is 8.27. The van der Waals surface area contributed by atoms with Crippen molar-refractivity contribution in [2.75, 3.05) is 49.7 Å². The van der Waals surface area contributed by atoms with Crippen LogP contribution < -0.4 is 15.1 Å². The molecule has 1 aliphatic heterocycles. The fraction of sp³-hybridized carbons (Fsp3) is 0.391. The summed E-state index contributed by atoms with van der Waals surface area (Å²) in [5.74, 6) is 1.66. The lowest BCUT2D eigenvalue weighted by Crippen LogP contribution is -2.36. The van der Waals surface area contributed by atoms with Crippen LogP contribution in [-0.2, 0) is 9.53 Å². The van der Waals surface area contributed by atoms with Crippen molar-refractivity contribution in [1.82, 2.24) is 25.5 Å². The monoisotopic (exact) mass is 463 g/mol. The van der Waals surface area contributed by atoms with Crippen molar-refractivity contribution in [3.8, 4) is 11.4 Å². The summed E-state index contributed by atoms with van der Waals surface area (Å²) in [7, 11) is 1.95. The summed E-state index contributed by atoms with van der Waals surface area (Å²) in [5, 5.41) is 12.3. The van der Waals surface area contributed by atoms with E-state index in [2.05, 4.69) is 26.5 Å². The molecule has 2 N–H and O–H groups in total. The molecule has 10 heteroatoms.